The summed E-state index contributed by atoms with van der Waals surface area (Å²) in [6.45, 7) is 3.22. The Morgan fingerprint density at radius 3 is 1.97 bits per heavy atom. The van der Waals surface area contributed by atoms with Crippen LogP contribution in [0.15, 0.2) is 83.8 Å². The van der Waals surface area contributed by atoms with Crippen molar-refractivity contribution in [3.63, 3.8) is 0 Å². The molecule has 29 heavy (non-hydrogen) atoms. The number of nitrogens with one attached hydrogen (secondary N) is 2. The summed E-state index contributed by atoms with van der Waals surface area (Å²) in [5.41, 5.74) is 3.32. The third-order valence-corrected chi connectivity index (χ3v) is 6.17. The van der Waals surface area contributed by atoms with Gasteiger partial charge in [-0.1, -0.05) is 72.8 Å². The highest BCUT2D eigenvalue weighted by atomic mass is 32.2. The van der Waals surface area contributed by atoms with E-state index in [2.05, 4.69) is 10.0 Å². The lowest BCUT2D eigenvalue weighted by Gasteiger charge is -2.20. The Morgan fingerprint density at radius 1 is 0.862 bits per heavy atom. The predicted octanol–water partition coefficient (Wildman–Crippen LogP) is 3.49. The maximum Gasteiger partial charge on any atom is 0.241 e. The van der Waals surface area contributed by atoms with E-state index in [4.69, 9.17) is 0 Å². The van der Waals surface area contributed by atoms with Gasteiger partial charge >= 0.3 is 0 Å². The minimum atomic E-state index is -3.78. The second-order valence-corrected chi connectivity index (χ2v) is 8.65. The molecule has 3 rings (SSSR count). The number of aryl methyl sites for hydroxylation is 2. The molecule has 0 radical (unpaired) electrons. The van der Waals surface area contributed by atoms with Crippen LogP contribution in [-0.2, 0) is 14.8 Å². The Hall–Kier alpha value is -2.96. The number of rotatable bonds is 7. The predicted molar refractivity (Wildman–Crippen MR) is 114 cm³/mol. The molecule has 6 heteroatoms. The van der Waals surface area contributed by atoms with Crippen molar-refractivity contribution < 1.29 is 13.2 Å². The summed E-state index contributed by atoms with van der Waals surface area (Å²) in [5.74, 6) is -0.406. The van der Waals surface area contributed by atoms with Crippen LogP contribution in [0.1, 0.15) is 28.3 Å². The zero-order valence-electron chi connectivity index (χ0n) is 16.4. The fraction of sp³-hybridized carbons (Fsp3) is 0.174. The molecule has 0 saturated heterocycles. The van der Waals surface area contributed by atoms with Gasteiger partial charge in [-0.25, -0.2) is 13.1 Å². The van der Waals surface area contributed by atoms with Crippen molar-refractivity contribution in [3.05, 3.63) is 101 Å². The van der Waals surface area contributed by atoms with Gasteiger partial charge in [-0.3, -0.25) is 4.79 Å². The van der Waals surface area contributed by atoms with E-state index in [9.17, 15) is 13.2 Å². The molecule has 0 aliphatic carbocycles. The van der Waals surface area contributed by atoms with E-state index in [1.807, 2.05) is 73.7 Å². The van der Waals surface area contributed by atoms with Gasteiger partial charge in [-0.2, -0.15) is 0 Å². The summed E-state index contributed by atoms with van der Waals surface area (Å²) in [6.07, 6.45) is 0. The van der Waals surface area contributed by atoms with E-state index in [1.165, 1.54) is 0 Å². The van der Waals surface area contributed by atoms with Gasteiger partial charge < -0.3 is 5.32 Å². The number of amides is 1. The normalized spacial score (nSPS) is 11.4. The molecule has 0 fully saturated rings. The molecular weight excluding hydrogens is 384 g/mol. The van der Waals surface area contributed by atoms with E-state index in [0.717, 1.165) is 16.7 Å². The van der Waals surface area contributed by atoms with Crippen LogP contribution in [0.5, 0.6) is 0 Å². The minimum Gasteiger partial charge on any atom is -0.344 e. The first-order valence-electron chi connectivity index (χ1n) is 9.33. The summed E-state index contributed by atoms with van der Waals surface area (Å²) in [5, 5.41) is 2.93. The molecule has 0 atom stereocenters. The third-order valence-electron chi connectivity index (χ3n) is 4.63. The first kappa shape index (κ1) is 20.8. The van der Waals surface area contributed by atoms with Gasteiger partial charge in [0, 0.05) is 0 Å². The van der Waals surface area contributed by atoms with E-state index < -0.39 is 15.9 Å². The number of carbonyl (C=O) groups is 1. The standard InChI is InChI=1S/C23H24N2O3S/c1-17-13-14-18(2)21(15-17)29(27,28)24-16-22(26)25-23(19-9-5-3-6-10-19)20-11-7-4-8-12-20/h3-15,23-24H,16H2,1-2H3,(H,25,26). The second kappa shape index (κ2) is 9.03. The van der Waals surface area contributed by atoms with Crippen LogP contribution >= 0.6 is 0 Å². The Morgan fingerprint density at radius 2 is 1.41 bits per heavy atom. The van der Waals surface area contributed by atoms with Crippen molar-refractivity contribution in [1.82, 2.24) is 10.0 Å². The van der Waals surface area contributed by atoms with E-state index in [0.29, 0.717) is 5.56 Å². The average Bonchev–Trinajstić information content (AvgIpc) is 2.73. The van der Waals surface area contributed by atoms with Gasteiger partial charge in [0.1, 0.15) is 0 Å². The quantitative estimate of drug-likeness (QED) is 0.628. The summed E-state index contributed by atoms with van der Waals surface area (Å²) in [6, 6.07) is 24.0. The molecule has 5 nitrogen and oxygen atoms in total. The maximum atomic E-state index is 12.6. The first-order valence-corrected chi connectivity index (χ1v) is 10.8. The molecule has 0 aliphatic rings. The van der Waals surface area contributed by atoms with Crippen molar-refractivity contribution in [2.75, 3.05) is 6.54 Å². The van der Waals surface area contributed by atoms with Gasteiger partial charge in [0.15, 0.2) is 0 Å². The van der Waals surface area contributed by atoms with Crippen molar-refractivity contribution in [2.45, 2.75) is 24.8 Å². The Balaban J connectivity index is 1.75. The molecule has 3 aromatic carbocycles. The van der Waals surface area contributed by atoms with Crippen molar-refractivity contribution in [2.24, 2.45) is 0 Å². The third kappa shape index (κ3) is 5.31. The van der Waals surface area contributed by atoms with Gasteiger partial charge in [0.05, 0.1) is 17.5 Å². The first-order chi connectivity index (χ1) is 13.9. The van der Waals surface area contributed by atoms with Gasteiger partial charge in [0.25, 0.3) is 0 Å². The Labute approximate surface area is 171 Å². The molecule has 0 spiro atoms. The number of hydrogen-bond acceptors (Lipinski definition) is 3. The number of benzene rings is 3. The molecule has 0 aromatic heterocycles. The molecule has 0 unspecified atom stereocenters. The van der Waals surface area contributed by atoms with E-state index >= 15 is 0 Å². The number of hydrogen-bond donors (Lipinski definition) is 2. The fourth-order valence-electron chi connectivity index (χ4n) is 3.10. The van der Waals surface area contributed by atoms with Crippen LogP contribution in [0.3, 0.4) is 0 Å². The molecule has 3 aromatic rings. The molecule has 2 N–H and O–H groups in total. The number of sulfonamides is 1. The fourth-order valence-corrected chi connectivity index (χ4v) is 4.41. The van der Waals surface area contributed by atoms with Crippen molar-refractivity contribution in [3.8, 4) is 0 Å². The molecule has 0 aliphatic heterocycles. The zero-order chi connectivity index (χ0) is 20.9. The lowest BCUT2D eigenvalue weighted by molar-refractivity contribution is -0.120. The lowest BCUT2D eigenvalue weighted by Crippen LogP contribution is -2.39. The monoisotopic (exact) mass is 408 g/mol. The number of carbonyl (C=O) groups excluding carboxylic acids is 1. The maximum absolute atomic E-state index is 12.6. The largest absolute Gasteiger partial charge is 0.344 e. The molecule has 0 bridgehead atoms. The van der Waals surface area contributed by atoms with Crippen LogP contribution in [-0.4, -0.2) is 20.9 Å². The SMILES string of the molecule is Cc1ccc(C)c(S(=O)(=O)NCC(=O)NC(c2ccccc2)c2ccccc2)c1. The summed E-state index contributed by atoms with van der Waals surface area (Å²) < 4.78 is 27.7. The van der Waals surface area contributed by atoms with Gasteiger partial charge in [-0.05, 0) is 42.2 Å². The smallest absolute Gasteiger partial charge is 0.241 e. The molecule has 0 heterocycles. The molecule has 150 valence electrons. The van der Waals surface area contributed by atoms with Crippen molar-refractivity contribution >= 4 is 15.9 Å². The van der Waals surface area contributed by atoms with E-state index in [1.54, 1.807) is 19.1 Å². The molecule has 1 amide bonds. The van der Waals surface area contributed by atoms with Gasteiger partial charge in [0.2, 0.25) is 15.9 Å². The lowest BCUT2D eigenvalue weighted by atomic mass is 9.99. The van der Waals surface area contributed by atoms with Crippen LogP contribution in [0, 0.1) is 13.8 Å². The highest BCUT2D eigenvalue weighted by Crippen LogP contribution is 2.21. The highest BCUT2D eigenvalue weighted by Gasteiger charge is 2.20. The Bertz CT molecular complexity index is 1040. The highest BCUT2D eigenvalue weighted by molar-refractivity contribution is 7.89. The average molecular weight is 409 g/mol. The van der Waals surface area contributed by atoms with Crippen LogP contribution in [0.25, 0.3) is 0 Å². The zero-order valence-corrected chi connectivity index (χ0v) is 17.2. The second-order valence-electron chi connectivity index (χ2n) is 6.92. The van der Waals surface area contributed by atoms with E-state index in [-0.39, 0.29) is 17.5 Å². The Kier molecular flexibility index (Phi) is 6.46. The van der Waals surface area contributed by atoms with Crippen LogP contribution in [0.4, 0.5) is 0 Å². The topological polar surface area (TPSA) is 75.3 Å². The minimum absolute atomic E-state index is 0.188. The summed E-state index contributed by atoms with van der Waals surface area (Å²) in [4.78, 5) is 12.8. The van der Waals surface area contributed by atoms with Crippen LogP contribution in [0.2, 0.25) is 0 Å². The van der Waals surface area contributed by atoms with Crippen molar-refractivity contribution in [1.29, 1.82) is 0 Å². The summed E-state index contributed by atoms with van der Waals surface area (Å²) >= 11 is 0. The molecule has 0 saturated carbocycles. The molecular formula is C23H24N2O3S. The van der Waals surface area contributed by atoms with Gasteiger partial charge in [-0.15, -0.1) is 0 Å². The van der Waals surface area contributed by atoms with Crippen LogP contribution < -0.4 is 10.0 Å². The summed E-state index contributed by atoms with van der Waals surface area (Å²) in [7, 11) is -3.78.